The van der Waals surface area contributed by atoms with Crippen molar-refractivity contribution in [3.8, 4) is 5.75 Å². The van der Waals surface area contributed by atoms with E-state index in [1.807, 2.05) is 26.0 Å². The van der Waals surface area contributed by atoms with Crippen molar-refractivity contribution in [2.75, 3.05) is 12.5 Å². The van der Waals surface area contributed by atoms with Crippen molar-refractivity contribution < 1.29 is 13.2 Å². The minimum absolute atomic E-state index is 0.255. The summed E-state index contributed by atoms with van der Waals surface area (Å²) in [6, 6.07) is 3.86. The number of halogens is 1. The van der Waals surface area contributed by atoms with E-state index in [-0.39, 0.29) is 11.9 Å². The predicted octanol–water partition coefficient (Wildman–Crippen LogP) is 3.60. The second kappa shape index (κ2) is 6.15. The summed E-state index contributed by atoms with van der Waals surface area (Å²) >= 11 is 6.27. The molecule has 2 rings (SSSR count). The Bertz CT molecular complexity index is 626. The third kappa shape index (κ3) is 3.71. The van der Waals surface area contributed by atoms with Crippen LogP contribution >= 0.6 is 11.6 Å². The third-order valence-corrected chi connectivity index (χ3v) is 5.23. The van der Waals surface area contributed by atoms with Crippen molar-refractivity contribution in [3.63, 3.8) is 0 Å². The van der Waals surface area contributed by atoms with Gasteiger partial charge in [-0.15, -0.1) is 0 Å². The van der Waals surface area contributed by atoms with Crippen molar-refractivity contribution >= 4 is 21.6 Å². The standard InChI is InChI=1S/C15H22ClNO3S/c1-10(2)7-17-8-13-5-12(11(3)4)6-14(16)15(13)20-9-21(17,18)19/h5-6,10-11H,7-9H2,1-4H3. The summed E-state index contributed by atoms with van der Waals surface area (Å²) in [6.07, 6.45) is 0. The first-order chi connectivity index (χ1) is 9.70. The molecular formula is C15H22ClNO3S. The van der Waals surface area contributed by atoms with E-state index in [1.165, 1.54) is 4.31 Å². The second-order valence-electron chi connectivity index (χ2n) is 6.21. The molecule has 0 bridgehead atoms. The molecule has 1 aliphatic rings. The van der Waals surface area contributed by atoms with Crippen LogP contribution in [0.4, 0.5) is 0 Å². The van der Waals surface area contributed by atoms with Gasteiger partial charge in [0.1, 0.15) is 5.75 Å². The molecule has 6 heteroatoms. The van der Waals surface area contributed by atoms with Crippen LogP contribution < -0.4 is 4.74 Å². The van der Waals surface area contributed by atoms with Gasteiger partial charge in [0.15, 0.2) is 0 Å². The van der Waals surface area contributed by atoms with Gasteiger partial charge in [0.25, 0.3) is 0 Å². The van der Waals surface area contributed by atoms with Gasteiger partial charge in [-0.3, -0.25) is 0 Å². The molecule has 0 saturated heterocycles. The molecule has 0 saturated carbocycles. The zero-order valence-electron chi connectivity index (χ0n) is 12.9. The summed E-state index contributed by atoms with van der Waals surface area (Å²) in [5.41, 5.74) is 1.93. The number of nitrogens with zero attached hydrogens (tertiary/aromatic N) is 1. The van der Waals surface area contributed by atoms with Gasteiger partial charge >= 0.3 is 0 Å². The molecule has 1 aromatic rings. The Balaban J connectivity index is 2.46. The van der Waals surface area contributed by atoms with Crippen LogP contribution in [0.25, 0.3) is 0 Å². The Morgan fingerprint density at radius 2 is 1.95 bits per heavy atom. The van der Waals surface area contributed by atoms with E-state index < -0.39 is 10.0 Å². The van der Waals surface area contributed by atoms with E-state index >= 15 is 0 Å². The fraction of sp³-hybridized carbons (Fsp3) is 0.600. The van der Waals surface area contributed by atoms with Gasteiger partial charge in [0.2, 0.25) is 16.0 Å². The topological polar surface area (TPSA) is 46.6 Å². The quantitative estimate of drug-likeness (QED) is 0.850. The maximum Gasteiger partial charge on any atom is 0.249 e. The largest absolute Gasteiger partial charge is 0.474 e. The second-order valence-corrected chi connectivity index (χ2v) is 8.53. The van der Waals surface area contributed by atoms with Gasteiger partial charge in [0, 0.05) is 18.7 Å². The molecular weight excluding hydrogens is 310 g/mol. The monoisotopic (exact) mass is 331 g/mol. The van der Waals surface area contributed by atoms with Gasteiger partial charge in [-0.1, -0.05) is 45.4 Å². The highest BCUT2D eigenvalue weighted by Gasteiger charge is 2.30. The number of rotatable bonds is 3. The summed E-state index contributed by atoms with van der Waals surface area (Å²) < 4.78 is 31.6. The molecule has 0 spiro atoms. The highest BCUT2D eigenvalue weighted by Crippen LogP contribution is 2.36. The number of hydrogen-bond acceptors (Lipinski definition) is 3. The highest BCUT2D eigenvalue weighted by molar-refractivity contribution is 7.88. The lowest BCUT2D eigenvalue weighted by atomic mass is 10.00. The average Bonchev–Trinajstić information content (AvgIpc) is 2.46. The van der Waals surface area contributed by atoms with Gasteiger partial charge in [-0.05, 0) is 23.5 Å². The Hall–Kier alpha value is -0.780. The van der Waals surface area contributed by atoms with Crippen LogP contribution in [0, 0.1) is 5.92 Å². The molecule has 0 fully saturated rings. The fourth-order valence-corrected chi connectivity index (χ4v) is 3.95. The Morgan fingerprint density at radius 1 is 1.29 bits per heavy atom. The lowest BCUT2D eigenvalue weighted by Crippen LogP contribution is -2.35. The third-order valence-electron chi connectivity index (χ3n) is 3.47. The highest BCUT2D eigenvalue weighted by atomic mass is 35.5. The molecule has 4 nitrogen and oxygen atoms in total. The van der Waals surface area contributed by atoms with Crippen LogP contribution in [-0.2, 0) is 16.6 Å². The van der Waals surface area contributed by atoms with Crippen molar-refractivity contribution in [2.45, 2.75) is 40.2 Å². The molecule has 21 heavy (non-hydrogen) atoms. The maximum absolute atomic E-state index is 12.3. The van der Waals surface area contributed by atoms with Gasteiger partial charge in [-0.2, -0.15) is 4.31 Å². The van der Waals surface area contributed by atoms with Crippen LogP contribution in [0.3, 0.4) is 0 Å². The van der Waals surface area contributed by atoms with Gasteiger partial charge < -0.3 is 4.74 Å². The SMILES string of the molecule is CC(C)CN1Cc2cc(C(C)C)cc(Cl)c2OCS1(=O)=O. The molecule has 1 aliphatic heterocycles. The number of fused-ring (bicyclic) bond motifs is 1. The molecule has 0 amide bonds. The Labute approximate surface area is 132 Å². The Morgan fingerprint density at radius 3 is 2.52 bits per heavy atom. The molecule has 0 radical (unpaired) electrons. The van der Waals surface area contributed by atoms with Crippen LogP contribution in [0.2, 0.25) is 5.02 Å². The van der Waals surface area contributed by atoms with Crippen LogP contribution in [-0.4, -0.2) is 25.2 Å². The first kappa shape index (κ1) is 16.6. The maximum atomic E-state index is 12.3. The smallest absolute Gasteiger partial charge is 0.249 e. The van der Waals surface area contributed by atoms with E-state index in [0.29, 0.717) is 29.8 Å². The predicted molar refractivity (Wildman–Crippen MR) is 85.2 cm³/mol. The number of hydrogen-bond donors (Lipinski definition) is 0. The van der Waals surface area contributed by atoms with E-state index in [9.17, 15) is 8.42 Å². The first-order valence-electron chi connectivity index (χ1n) is 7.13. The first-order valence-corrected chi connectivity index (χ1v) is 9.12. The van der Waals surface area contributed by atoms with E-state index in [2.05, 4.69) is 13.8 Å². The van der Waals surface area contributed by atoms with E-state index in [4.69, 9.17) is 16.3 Å². The number of benzene rings is 1. The van der Waals surface area contributed by atoms with E-state index in [0.717, 1.165) is 11.1 Å². The minimum atomic E-state index is -3.42. The minimum Gasteiger partial charge on any atom is -0.474 e. The summed E-state index contributed by atoms with van der Waals surface area (Å²) in [5.74, 6) is 0.722. The molecule has 0 unspecified atom stereocenters. The van der Waals surface area contributed by atoms with Crippen LogP contribution in [0.15, 0.2) is 12.1 Å². The summed E-state index contributed by atoms with van der Waals surface area (Å²) in [7, 11) is -3.42. The molecule has 0 aliphatic carbocycles. The summed E-state index contributed by atoms with van der Waals surface area (Å²) in [5, 5.41) is 0.484. The average molecular weight is 332 g/mol. The van der Waals surface area contributed by atoms with Crippen molar-refractivity contribution in [3.05, 3.63) is 28.3 Å². The van der Waals surface area contributed by atoms with Crippen molar-refractivity contribution in [2.24, 2.45) is 5.92 Å². The van der Waals surface area contributed by atoms with Crippen molar-refractivity contribution in [1.82, 2.24) is 4.31 Å². The number of sulfonamides is 1. The van der Waals surface area contributed by atoms with Crippen LogP contribution in [0.5, 0.6) is 5.75 Å². The summed E-state index contributed by atoms with van der Waals surface area (Å²) in [6.45, 7) is 8.96. The number of ether oxygens (including phenoxy) is 1. The zero-order chi connectivity index (χ0) is 15.8. The molecule has 118 valence electrons. The molecule has 0 atom stereocenters. The summed E-state index contributed by atoms with van der Waals surface area (Å²) in [4.78, 5) is 0. The zero-order valence-corrected chi connectivity index (χ0v) is 14.5. The lowest BCUT2D eigenvalue weighted by Gasteiger charge is -2.21. The molecule has 0 aromatic heterocycles. The van der Waals surface area contributed by atoms with Gasteiger partial charge in [-0.25, -0.2) is 8.42 Å². The molecule has 0 N–H and O–H groups in total. The van der Waals surface area contributed by atoms with E-state index in [1.54, 1.807) is 0 Å². The fourth-order valence-electron chi connectivity index (χ4n) is 2.37. The van der Waals surface area contributed by atoms with Gasteiger partial charge in [0.05, 0.1) is 5.02 Å². The molecule has 1 aromatic carbocycles. The lowest BCUT2D eigenvalue weighted by molar-refractivity contribution is 0.348. The Kier molecular flexibility index (Phi) is 4.85. The van der Waals surface area contributed by atoms with Crippen LogP contribution in [0.1, 0.15) is 44.7 Å². The normalized spacial score (nSPS) is 18.4. The molecule has 1 heterocycles. The van der Waals surface area contributed by atoms with Crippen molar-refractivity contribution in [1.29, 1.82) is 0 Å².